The fourth-order valence-corrected chi connectivity index (χ4v) is 4.64. The summed E-state index contributed by atoms with van der Waals surface area (Å²) >= 11 is 0. The SMILES string of the molecule is C=C1N(c2ccc(C#N)c(C(F)(F)F)c2)C(=O)C(C)(C)N1c1ccc(CN2CCCC2)c(F)c1. The first-order chi connectivity index (χ1) is 15.9. The Bertz CT molecular complexity index is 1190. The lowest BCUT2D eigenvalue weighted by Gasteiger charge is -2.30. The zero-order valence-corrected chi connectivity index (χ0v) is 18.9. The minimum atomic E-state index is -4.77. The van der Waals surface area contributed by atoms with Gasteiger partial charge in [-0.25, -0.2) is 4.39 Å². The van der Waals surface area contributed by atoms with Crippen molar-refractivity contribution in [2.24, 2.45) is 0 Å². The van der Waals surface area contributed by atoms with Crippen molar-refractivity contribution in [3.63, 3.8) is 0 Å². The minimum absolute atomic E-state index is 0.0666. The van der Waals surface area contributed by atoms with E-state index in [0.717, 1.165) is 43.0 Å². The summed E-state index contributed by atoms with van der Waals surface area (Å²) in [6.45, 7) is 9.48. The van der Waals surface area contributed by atoms with Gasteiger partial charge in [-0.05, 0) is 70.1 Å². The van der Waals surface area contributed by atoms with Crippen LogP contribution in [-0.2, 0) is 17.5 Å². The molecule has 0 atom stereocenters. The van der Waals surface area contributed by atoms with Crippen LogP contribution in [0.2, 0.25) is 0 Å². The van der Waals surface area contributed by atoms with Gasteiger partial charge in [0.2, 0.25) is 0 Å². The van der Waals surface area contributed by atoms with Crippen LogP contribution in [0.15, 0.2) is 48.8 Å². The summed E-state index contributed by atoms with van der Waals surface area (Å²) in [5, 5.41) is 9.06. The number of rotatable bonds is 4. The second-order valence-electron chi connectivity index (χ2n) is 9.05. The van der Waals surface area contributed by atoms with E-state index < -0.39 is 34.6 Å². The highest BCUT2D eigenvalue weighted by Gasteiger charge is 2.49. The molecule has 0 aromatic heterocycles. The van der Waals surface area contributed by atoms with Gasteiger partial charge >= 0.3 is 6.18 Å². The number of amides is 1. The Kier molecular flexibility index (Phi) is 5.90. The van der Waals surface area contributed by atoms with Crippen LogP contribution in [0, 0.1) is 17.1 Å². The van der Waals surface area contributed by atoms with Gasteiger partial charge in [0.1, 0.15) is 17.2 Å². The molecule has 0 N–H and O–H groups in total. The molecule has 0 spiro atoms. The van der Waals surface area contributed by atoms with Gasteiger partial charge in [-0.15, -0.1) is 0 Å². The van der Waals surface area contributed by atoms with Gasteiger partial charge in [-0.2, -0.15) is 18.4 Å². The van der Waals surface area contributed by atoms with Crippen molar-refractivity contribution in [1.82, 2.24) is 4.90 Å². The Hall–Kier alpha value is -3.38. The number of likely N-dealkylation sites (tertiary alicyclic amines) is 1. The second kappa shape index (κ2) is 8.44. The van der Waals surface area contributed by atoms with Crippen LogP contribution in [0.1, 0.15) is 43.4 Å². The summed E-state index contributed by atoms with van der Waals surface area (Å²) in [5.41, 5.74) is -2.06. The zero-order valence-electron chi connectivity index (χ0n) is 18.9. The van der Waals surface area contributed by atoms with Crippen LogP contribution >= 0.6 is 0 Å². The average Bonchev–Trinajstić information content (AvgIpc) is 3.33. The molecule has 2 heterocycles. The van der Waals surface area contributed by atoms with Gasteiger partial charge in [0.15, 0.2) is 0 Å². The molecule has 5 nitrogen and oxygen atoms in total. The fourth-order valence-electron chi connectivity index (χ4n) is 4.64. The second-order valence-corrected chi connectivity index (χ2v) is 9.05. The maximum absolute atomic E-state index is 15.0. The molecule has 0 bridgehead atoms. The van der Waals surface area contributed by atoms with E-state index in [1.54, 1.807) is 26.0 Å². The quantitative estimate of drug-likeness (QED) is 0.558. The third kappa shape index (κ3) is 4.03. The monoisotopic (exact) mass is 472 g/mol. The minimum Gasteiger partial charge on any atom is -0.313 e. The van der Waals surface area contributed by atoms with Crippen molar-refractivity contribution < 1.29 is 22.4 Å². The first-order valence-electron chi connectivity index (χ1n) is 10.9. The number of halogens is 4. The molecule has 4 rings (SSSR count). The molecule has 2 saturated heterocycles. The Morgan fingerprint density at radius 1 is 1.09 bits per heavy atom. The van der Waals surface area contributed by atoms with Gasteiger partial charge in [0, 0.05) is 17.8 Å². The van der Waals surface area contributed by atoms with Gasteiger partial charge in [0.25, 0.3) is 5.91 Å². The van der Waals surface area contributed by atoms with Crippen LogP contribution in [0.4, 0.5) is 28.9 Å². The van der Waals surface area contributed by atoms with Crippen molar-refractivity contribution >= 4 is 17.3 Å². The number of nitrogens with zero attached hydrogens (tertiary/aromatic N) is 4. The number of hydrogen-bond donors (Lipinski definition) is 0. The summed E-state index contributed by atoms with van der Waals surface area (Å²) in [5.74, 6) is -0.840. The normalized spacial score (nSPS) is 18.6. The van der Waals surface area contributed by atoms with E-state index in [4.69, 9.17) is 5.26 Å². The molecule has 2 fully saturated rings. The number of hydrogen-bond acceptors (Lipinski definition) is 4. The van der Waals surface area contributed by atoms with Crippen LogP contribution in [0.5, 0.6) is 0 Å². The number of anilines is 2. The highest BCUT2D eigenvalue weighted by molar-refractivity contribution is 6.09. The van der Waals surface area contributed by atoms with Gasteiger partial charge < -0.3 is 4.90 Å². The molecule has 0 aliphatic carbocycles. The number of alkyl halides is 3. The maximum atomic E-state index is 15.0. The molecule has 34 heavy (non-hydrogen) atoms. The molecular weight excluding hydrogens is 448 g/mol. The fraction of sp³-hybridized carbons (Fsp3) is 0.360. The first-order valence-corrected chi connectivity index (χ1v) is 10.9. The molecule has 2 aromatic rings. The summed E-state index contributed by atoms with van der Waals surface area (Å²) in [6, 6.07) is 9.29. The van der Waals surface area contributed by atoms with Crippen LogP contribution in [0.25, 0.3) is 0 Å². The molecule has 0 saturated carbocycles. The predicted molar refractivity (Wildman–Crippen MR) is 120 cm³/mol. The van der Waals surface area contributed by atoms with E-state index in [9.17, 15) is 22.4 Å². The number of carbonyl (C=O) groups excluding carboxylic acids is 1. The highest BCUT2D eigenvalue weighted by atomic mass is 19.4. The summed E-state index contributed by atoms with van der Waals surface area (Å²) in [7, 11) is 0. The lowest BCUT2D eigenvalue weighted by Crippen LogP contribution is -2.43. The van der Waals surface area contributed by atoms with Gasteiger partial charge in [-0.3, -0.25) is 14.6 Å². The van der Waals surface area contributed by atoms with Crippen LogP contribution < -0.4 is 9.80 Å². The third-order valence-electron chi connectivity index (χ3n) is 6.38. The smallest absolute Gasteiger partial charge is 0.313 e. The Morgan fingerprint density at radius 2 is 1.74 bits per heavy atom. The molecule has 1 amide bonds. The molecule has 0 radical (unpaired) electrons. The van der Waals surface area contributed by atoms with Crippen LogP contribution in [0.3, 0.4) is 0 Å². The van der Waals surface area contributed by atoms with E-state index in [1.165, 1.54) is 23.1 Å². The van der Waals surface area contributed by atoms with E-state index in [0.29, 0.717) is 17.8 Å². The Morgan fingerprint density at radius 3 is 2.32 bits per heavy atom. The topological polar surface area (TPSA) is 50.6 Å². The highest BCUT2D eigenvalue weighted by Crippen LogP contribution is 2.42. The van der Waals surface area contributed by atoms with E-state index in [1.807, 2.05) is 0 Å². The standard InChI is InChI=1S/C25H24F4N4O/c1-16-32(19-8-6-17(14-30)21(12-19)25(27,28)29)23(34)24(2,3)33(16)20-9-7-18(22(26)13-20)15-31-10-4-5-11-31/h6-9,12-13H,1,4-5,10-11,15H2,2-3H3. The van der Waals surface area contributed by atoms with Crippen molar-refractivity contribution in [2.75, 3.05) is 22.9 Å². The van der Waals surface area contributed by atoms with Crippen molar-refractivity contribution in [1.29, 1.82) is 5.26 Å². The number of benzene rings is 2. The molecule has 0 unspecified atom stereocenters. The van der Waals surface area contributed by atoms with Crippen LogP contribution in [-0.4, -0.2) is 29.4 Å². The largest absolute Gasteiger partial charge is 0.417 e. The van der Waals surface area contributed by atoms with E-state index >= 15 is 0 Å². The Labute approximate surface area is 195 Å². The molecule has 2 aliphatic heterocycles. The Balaban J connectivity index is 1.69. The van der Waals surface area contributed by atoms with E-state index in [-0.39, 0.29) is 11.5 Å². The van der Waals surface area contributed by atoms with Crippen molar-refractivity contribution in [3.8, 4) is 6.07 Å². The molecule has 2 aromatic carbocycles. The molecule has 178 valence electrons. The van der Waals surface area contributed by atoms with Crippen molar-refractivity contribution in [2.45, 2.75) is 44.9 Å². The first kappa shape index (κ1) is 23.8. The lowest BCUT2D eigenvalue weighted by atomic mass is 10.0. The van der Waals surface area contributed by atoms with Crippen molar-refractivity contribution in [3.05, 3.63) is 71.3 Å². The molecular formula is C25H24F4N4O. The summed E-state index contributed by atoms with van der Waals surface area (Å²) in [4.78, 5) is 18.1. The average molecular weight is 472 g/mol. The molecule has 2 aliphatic rings. The summed E-state index contributed by atoms with van der Waals surface area (Å²) < 4.78 is 55.4. The molecule has 9 heteroatoms. The predicted octanol–water partition coefficient (Wildman–Crippen LogP) is 5.41. The third-order valence-corrected chi connectivity index (χ3v) is 6.38. The number of nitriles is 1. The van der Waals surface area contributed by atoms with Gasteiger partial charge in [-0.1, -0.05) is 12.6 Å². The van der Waals surface area contributed by atoms with Gasteiger partial charge in [0.05, 0.1) is 22.9 Å². The summed E-state index contributed by atoms with van der Waals surface area (Å²) in [6.07, 6.45) is -2.59. The number of carbonyl (C=O) groups is 1. The lowest BCUT2D eigenvalue weighted by molar-refractivity contribution is -0.137. The zero-order chi connectivity index (χ0) is 24.8. The maximum Gasteiger partial charge on any atom is 0.417 e. The van der Waals surface area contributed by atoms with E-state index in [2.05, 4.69) is 11.5 Å².